The molecule has 190 valence electrons. The fourth-order valence-electron chi connectivity index (χ4n) is 4.27. The summed E-state index contributed by atoms with van der Waals surface area (Å²) in [6, 6.07) is 6.73. The monoisotopic (exact) mass is 580 g/mol. The van der Waals surface area contributed by atoms with Crippen LogP contribution in [0.25, 0.3) is 17.0 Å². The average Bonchev–Trinajstić information content (AvgIpc) is 3.50. The first-order valence-corrected chi connectivity index (χ1v) is 13.5. The van der Waals surface area contributed by atoms with E-state index in [4.69, 9.17) is 13.8 Å². The molecular formula is C22H22BrN4O8P. The number of carbonyl (C=O) groups excluding carboxylic acids is 1. The fraction of sp³-hybridized carbons (Fsp3) is 0.318. The molecule has 0 bridgehead atoms. The molecule has 2 aliphatic heterocycles. The zero-order chi connectivity index (χ0) is 25.4. The fourth-order valence-corrected chi connectivity index (χ4v) is 6.02. The molecule has 0 spiro atoms. The molecule has 3 aromatic rings. The first-order chi connectivity index (χ1) is 17.3. The van der Waals surface area contributed by atoms with Gasteiger partial charge >= 0.3 is 19.4 Å². The van der Waals surface area contributed by atoms with Crippen molar-refractivity contribution in [2.75, 3.05) is 6.61 Å². The van der Waals surface area contributed by atoms with E-state index in [2.05, 4.69) is 31.0 Å². The number of carbonyl (C=O) groups is 1. The Labute approximate surface area is 212 Å². The van der Waals surface area contributed by atoms with Gasteiger partial charge in [0.15, 0.2) is 0 Å². The van der Waals surface area contributed by atoms with Crippen LogP contribution in [0, 0.1) is 0 Å². The van der Waals surface area contributed by atoms with Crippen molar-refractivity contribution in [2.24, 2.45) is 0 Å². The van der Waals surface area contributed by atoms with E-state index in [-0.39, 0.29) is 25.0 Å². The quantitative estimate of drug-likeness (QED) is 0.305. The molecule has 4 N–H and O–H groups in total. The molecule has 12 nitrogen and oxygen atoms in total. The van der Waals surface area contributed by atoms with Crippen molar-refractivity contribution in [3.05, 3.63) is 73.6 Å². The summed E-state index contributed by atoms with van der Waals surface area (Å²) in [4.78, 5) is 43.3. The SMILES string of the molecule is O=C1OP(=O)(OC[C@H]2O[C@@H](n3cc(/C=C/Br)c(=O)[nH]c3=O)C[C@@H]2O)NC1Cc1c[nH]c2ccccc12. The van der Waals surface area contributed by atoms with Gasteiger partial charge in [0.25, 0.3) is 5.56 Å². The lowest BCUT2D eigenvalue weighted by molar-refractivity contribution is -0.134. The van der Waals surface area contributed by atoms with Gasteiger partial charge in [-0.15, -0.1) is 0 Å². The number of hydrogen-bond donors (Lipinski definition) is 4. The van der Waals surface area contributed by atoms with Gasteiger partial charge in [0.05, 0.1) is 18.3 Å². The average molecular weight is 581 g/mol. The van der Waals surface area contributed by atoms with Crippen LogP contribution in [0.15, 0.2) is 51.2 Å². The predicted octanol–water partition coefficient (Wildman–Crippen LogP) is 1.91. The van der Waals surface area contributed by atoms with E-state index in [1.165, 1.54) is 17.3 Å². The van der Waals surface area contributed by atoms with Gasteiger partial charge in [0.2, 0.25) is 0 Å². The van der Waals surface area contributed by atoms with Gasteiger partial charge in [-0.05, 0) is 22.7 Å². The summed E-state index contributed by atoms with van der Waals surface area (Å²) >= 11 is 3.08. The van der Waals surface area contributed by atoms with Gasteiger partial charge in [-0.3, -0.25) is 18.9 Å². The number of hydrogen-bond acceptors (Lipinski definition) is 8. The zero-order valence-electron chi connectivity index (χ0n) is 18.6. The van der Waals surface area contributed by atoms with Gasteiger partial charge in [-0.2, -0.15) is 5.09 Å². The normalized spacial score (nSPS) is 28.3. The van der Waals surface area contributed by atoms with Crippen LogP contribution in [0.4, 0.5) is 0 Å². The van der Waals surface area contributed by atoms with E-state index >= 15 is 0 Å². The second-order valence-electron chi connectivity index (χ2n) is 8.42. The number of aromatic amines is 2. The van der Waals surface area contributed by atoms with E-state index in [1.807, 2.05) is 24.3 Å². The van der Waals surface area contributed by atoms with Crippen LogP contribution in [-0.4, -0.2) is 50.5 Å². The molecule has 1 aromatic carbocycles. The Hall–Kier alpha value is -2.80. The number of fused-ring (bicyclic) bond motifs is 1. The van der Waals surface area contributed by atoms with Gasteiger partial charge in [0.1, 0.15) is 18.4 Å². The molecule has 2 aliphatic rings. The zero-order valence-corrected chi connectivity index (χ0v) is 21.1. The maximum absolute atomic E-state index is 13.0. The standard InChI is InChI=1S/C22H22BrN4O8P/c23-6-5-12-10-27(22(31)25-20(12)29)19-8-17(28)18(34-19)11-33-36(32)26-16(21(30)35-36)7-13-9-24-15-4-2-1-3-14(13)15/h1-6,9-10,16-19,24,28H,7-8,11H2,(H,26,32)(H,25,29,31)/b6-5+/t16?,17-,18+,19+,36?/m0/s1. The number of nitrogens with zero attached hydrogens (tertiary/aromatic N) is 1. The Kier molecular flexibility index (Phi) is 6.86. The lowest BCUT2D eigenvalue weighted by Gasteiger charge is -2.18. The molecule has 0 amide bonds. The van der Waals surface area contributed by atoms with Crippen LogP contribution in [0.3, 0.4) is 0 Å². The molecule has 5 rings (SSSR count). The van der Waals surface area contributed by atoms with E-state index in [9.17, 15) is 24.1 Å². The van der Waals surface area contributed by atoms with Crippen molar-refractivity contribution >= 4 is 46.6 Å². The molecule has 36 heavy (non-hydrogen) atoms. The number of benzene rings is 1. The number of ether oxygens (including phenoxy) is 1. The highest BCUT2D eigenvalue weighted by Gasteiger charge is 2.46. The van der Waals surface area contributed by atoms with Crippen molar-refractivity contribution in [2.45, 2.75) is 37.3 Å². The number of H-pyrrole nitrogens is 2. The van der Waals surface area contributed by atoms with E-state index in [1.54, 1.807) is 6.20 Å². The highest BCUT2D eigenvalue weighted by molar-refractivity contribution is 9.11. The van der Waals surface area contributed by atoms with E-state index < -0.39 is 49.4 Å². The van der Waals surface area contributed by atoms with Gasteiger partial charge in [-0.1, -0.05) is 34.1 Å². The largest absolute Gasteiger partial charge is 0.461 e. The summed E-state index contributed by atoms with van der Waals surface area (Å²) < 4.78 is 30.3. The molecule has 2 unspecified atom stereocenters. The minimum Gasteiger partial charge on any atom is -0.390 e. The highest BCUT2D eigenvalue weighted by atomic mass is 79.9. The predicted molar refractivity (Wildman–Crippen MR) is 132 cm³/mol. The lowest BCUT2D eigenvalue weighted by Crippen LogP contribution is -2.33. The third-order valence-electron chi connectivity index (χ3n) is 6.07. The molecule has 14 heteroatoms. The molecular weight excluding hydrogens is 559 g/mol. The molecule has 2 aromatic heterocycles. The van der Waals surface area contributed by atoms with Crippen LogP contribution in [-0.2, 0) is 29.6 Å². The second kappa shape index (κ2) is 9.92. The van der Waals surface area contributed by atoms with Crippen molar-refractivity contribution in [1.29, 1.82) is 0 Å². The Balaban J connectivity index is 1.23. The minimum absolute atomic E-state index is 0.0259. The van der Waals surface area contributed by atoms with Crippen molar-refractivity contribution in [3.63, 3.8) is 0 Å². The smallest absolute Gasteiger partial charge is 0.390 e. The Morgan fingerprint density at radius 3 is 2.89 bits per heavy atom. The molecule has 2 fully saturated rings. The number of nitrogens with one attached hydrogen (secondary N) is 3. The van der Waals surface area contributed by atoms with Gasteiger partial charge in [-0.25, -0.2) is 14.2 Å². The lowest BCUT2D eigenvalue weighted by atomic mass is 10.1. The molecule has 4 heterocycles. The summed E-state index contributed by atoms with van der Waals surface area (Å²) in [5, 5.41) is 14.0. The molecule has 0 aliphatic carbocycles. The molecule has 5 atom stereocenters. The van der Waals surface area contributed by atoms with Gasteiger partial charge in [0, 0.05) is 36.1 Å². The summed E-state index contributed by atoms with van der Waals surface area (Å²) in [5.74, 6) is -0.707. The maximum Gasteiger partial charge on any atom is 0.461 e. The van der Waals surface area contributed by atoms with Gasteiger partial charge < -0.3 is 19.4 Å². The Morgan fingerprint density at radius 1 is 1.28 bits per heavy atom. The van der Waals surface area contributed by atoms with Crippen LogP contribution < -0.4 is 16.3 Å². The summed E-state index contributed by atoms with van der Waals surface area (Å²) in [5.41, 5.74) is 0.699. The minimum atomic E-state index is -4.00. The van der Waals surface area contributed by atoms with Crippen LogP contribution in [0.1, 0.15) is 23.8 Å². The summed E-state index contributed by atoms with van der Waals surface area (Å²) in [6.45, 7) is -0.360. The topological polar surface area (TPSA) is 165 Å². The second-order valence-corrected chi connectivity index (χ2v) is 10.6. The molecule has 0 saturated carbocycles. The van der Waals surface area contributed by atoms with Crippen LogP contribution >= 0.6 is 23.7 Å². The number of halogens is 1. The number of aliphatic hydroxyl groups excluding tert-OH is 1. The van der Waals surface area contributed by atoms with Crippen molar-refractivity contribution in [3.8, 4) is 0 Å². The first kappa shape index (κ1) is 24.9. The number of rotatable bonds is 7. The van der Waals surface area contributed by atoms with E-state index in [0.29, 0.717) is 0 Å². The third kappa shape index (κ3) is 4.90. The van der Waals surface area contributed by atoms with Crippen molar-refractivity contribution in [1.82, 2.24) is 19.6 Å². The van der Waals surface area contributed by atoms with Crippen LogP contribution in [0.2, 0.25) is 0 Å². The van der Waals surface area contributed by atoms with Crippen molar-refractivity contribution < 1.29 is 28.3 Å². The maximum atomic E-state index is 13.0. The number of aliphatic hydroxyl groups is 1. The highest BCUT2D eigenvalue weighted by Crippen LogP contribution is 2.50. The van der Waals surface area contributed by atoms with Crippen LogP contribution in [0.5, 0.6) is 0 Å². The summed E-state index contributed by atoms with van der Waals surface area (Å²) in [6.07, 6.45) is 1.91. The Bertz CT molecular complexity index is 1500. The molecule has 2 saturated heterocycles. The summed E-state index contributed by atoms with van der Waals surface area (Å²) in [7, 11) is -4.00. The molecule has 0 radical (unpaired) electrons. The number of para-hydroxylation sites is 1. The Morgan fingerprint density at radius 2 is 2.08 bits per heavy atom. The number of aromatic nitrogens is 3. The van der Waals surface area contributed by atoms with E-state index in [0.717, 1.165) is 21.0 Å². The first-order valence-electron chi connectivity index (χ1n) is 11.0. The third-order valence-corrected chi connectivity index (χ3v) is 7.87.